The fourth-order valence-corrected chi connectivity index (χ4v) is 3.34. The Labute approximate surface area is 177 Å². The maximum Gasteiger partial charge on any atom is 0.409 e. The Kier molecular flexibility index (Phi) is 7.27. The summed E-state index contributed by atoms with van der Waals surface area (Å²) in [5.41, 5.74) is 0.578. The van der Waals surface area contributed by atoms with E-state index in [9.17, 15) is 14.4 Å². The molecule has 3 amide bonds. The van der Waals surface area contributed by atoms with E-state index in [0.29, 0.717) is 44.3 Å². The predicted octanol–water partition coefficient (Wildman–Crippen LogP) is 2.90. The van der Waals surface area contributed by atoms with Crippen LogP contribution in [0.3, 0.4) is 0 Å². The van der Waals surface area contributed by atoms with Crippen molar-refractivity contribution in [1.29, 1.82) is 0 Å². The van der Waals surface area contributed by atoms with Gasteiger partial charge in [0.1, 0.15) is 0 Å². The number of carbonyl (C=O) groups excluding carboxylic acids is 3. The summed E-state index contributed by atoms with van der Waals surface area (Å²) in [4.78, 5) is 40.2. The third kappa shape index (κ3) is 5.72. The van der Waals surface area contributed by atoms with Crippen LogP contribution < -0.4 is 5.32 Å². The van der Waals surface area contributed by atoms with Crippen LogP contribution in [0.25, 0.3) is 10.8 Å². The minimum atomic E-state index is -0.321. The summed E-state index contributed by atoms with van der Waals surface area (Å²) in [6.07, 6.45) is -0.0876. The van der Waals surface area contributed by atoms with E-state index in [2.05, 4.69) is 5.32 Å². The molecule has 1 saturated heterocycles. The zero-order valence-electron chi connectivity index (χ0n) is 17.6. The van der Waals surface area contributed by atoms with Crippen molar-refractivity contribution in [3.05, 3.63) is 48.0 Å². The number of fused-ring (bicyclic) bond motifs is 1. The fraction of sp³-hybridized carbons (Fsp3) is 0.435. The van der Waals surface area contributed by atoms with Gasteiger partial charge in [0.25, 0.3) is 5.91 Å². The lowest BCUT2D eigenvalue weighted by Gasteiger charge is -2.34. The van der Waals surface area contributed by atoms with Gasteiger partial charge >= 0.3 is 6.09 Å². The van der Waals surface area contributed by atoms with Gasteiger partial charge < -0.3 is 19.9 Å². The van der Waals surface area contributed by atoms with Crippen LogP contribution in [0.1, 0.15) is 30.6 Å². The summed E-state index contributed by atoms with van der Waals surface area (Å²) < 4.78 is 5.23. The molecule has 0 radical (unpaired) electrons. The van der Waals surface area contributed by atoms with E-state index in [4.69, 9.17) is 4.74 Å². The number of hydrogen-bond donors (Lipinski definition) is 1. The highest BCUT2D eigenvalue weighted by Gasteiger charge is 2.25. The third-order valence-corrected chi connectivity index (χ3v) is 5.07. The van der Waals surface area contributed by atoms with Crippen LogP contribution in [0.4, 0.5) is 4.79 Å². The second kappa shape index (κ2) is 10.1. The molecule has 0 spiro atoms. The first-order valence-corrected chi connectivity index (χ1v) is 10.4. The SMILES string of the molecule is CC(C)COC(=O)N1CCN(C(=O)CCNC(=O)c2ccc3ccccc3c2)CC1. The number of piperazine rings is 1. The molecule has 0 aromatic heterocycles. The number of nitrogens with one attached hydrogen (secondary N) is 1. The Morgan fingerprint density at radius 1 is 0.967 bits per heavy atom. The lowest BCUT2D eigenvalue weighted by atomic mass is 10.1. The number of nitrogens with zero attached hydrogens (tertiary/aromatic N) is 2. The van der Waals surface area contributed by atoms with Crippen molar-refractivity contribution in [2.75, 3.05) is 39.3 Å². The molecule has 30 heavy (non-hydrogen) atoms. The molecule has 0 bridgehead atoms. The highest BCUT2D eigenvalue weighted by molar-refractivity contribution is 5.98. The smallest absolute Gasteiger partial charge is 0.409 e. The van der Waals surface area contributed by atoms with E-state index in [-0.39, 0.29) is 30.9 Å². The van der Waals surface area contributed by atoms with Crippen LogP contribution >= 0.6 is 0 Å². The molecule has 7 nitrogen and oxygen atoms in total. The van der Waals surface area contributed by atoms with Gasteiger partial charge in [0.15, 0.2) is 0 Å². The molecule has 0 saturated carbocycles. The number of amides is 3. The minimum absolute atomic E-state index is 0.0241. The molecule has 0 unspecified atom stereocenters. The van der Waals surface area contributed by atoms with Gasteiger partial charge in [-0.1, -0.05) is 44.2 Å². The molecule has 1 aliphatic heterocycles. The Morgan fingerprint density at radius 3 is 2.33 bits per heavy atom. The summed E-state index contributed by atoms with van der Waals surface area (Å²) in [5.74, 6) is 0.0805. The van der Waals surface area contributed by atoms with Crippen LogP contribution in [0, 0.1) is 5.92 Å². The lowest BCUT2D eigenvalue weighted by molar-refractivity contribution is -0.132. The Morgan fingerprint density at radius 2 is 1.63 bits per heavy atom. The van der Waals surface area contributed by atoms with Crippen LogP contribution in [0.2, 0.25) is 0 Å². The first-order valence-electron chi connectivity index (χ1n) is 10.4. The Bertz CT molecular complexity index is 904. The van der Waals surface area contributed by atoms with Crippen LogP contribution in [0.15, 0.2) is 42.5 Å². The van der Waals surface area contributed by atoms with Crippen LogP contribution in [-0.2, 0) is 9.53 Å². The standard InChI is InChI=1S/C23H29N3O4/c1-17(2)16-30-23(29)26-13-11-25(12-14-26)21(27)9-10-24-22(28)20-8-7-18-5-3-4-6-19(18)15-20/h3-8,15,17H,9-14,16H2,1-2H3,(H,24,28). The van der Waals surface area contributed by atoms with Crippen molar-refractivity contribution in [3.63, 3.8) is 0 Å². The van der Waals surface area contributed by atoms with Crippen LogP contribution in [0.5, 0.6) is 0 Å². The lowest BCUT2D eigenvalue weighted by Crippen LogP contribution is -2.51. The van der Waals surface area contributed by atoms with E-state index in [1.807, 2.05) is 50.2 Å². The van der Waals surface area contributed by atoms with Gasteiger partial charge in [-0.25, -0.2) is 4.79 Å². The number of ether oxygens (including phenoxy) is 1. The first kappa shape index (κ1) is 21.6. The second-order valence-electron chi connectivity index (χ2n) is 7.91. The quantitative estimate of drug-likeness (QED) is 0.793. The van der Waals surface area contributed by atoms with Gasteiger partial charge in [0.05, 0.1) is 6.61 Å². The van der Waals surface area contributed by atoms with Gasteiger partial charge in [-0.2, -0.15) is 0 Å². The minimum Gasteiger partial charge on any atom is -0.449 e. The predicted molar refractivity (Wildman–Crippen MR) is 115 cm³/mol. The molecule has 2 aromatic rings. The molecule has 1 aliphatic rings. The molecular weight excluding hydrogens is 382 g/mol. The maximum absolute atomic E-state index is 12.4. The second-order valence-corrected chi connectivity index (χ2v) is 7.91. The summed E-state index contributed by atoms with van der Waals surface area (Å²) in [7, 11) is 0. The summed E-state index contributed by atoms with van der Waals surface area (Å²) in [6.45, 7) is 6.54. The third-order valence-electron chi connectivity index (χ3n) is 5.07. The molecule has 160 valence electrons. The molecule has 2 aromatic carbocycles. The van der Waals surface area contributed by atoms with Gasteiger partial charge in [0.2, 0.25) is 5.91 Å². The van der Waals surface area contributed by atoms with Crippen molar-refractivity contribution < 1.29 is 19.1 Å². The van der Waals surface area contributed by atoms with Crippen molar-refractivity contribution in [3.8, 4) is 0 Å². The molecular formula is C23H29N3O4. The Hall–Kier alpha value is -3.09. The summed E-state index contributed by atoms with van der Waals surface area (Å²) >= 11 is 0. The first-order chi connectivity index (χ1) is 14.4. The van der Waals surface area contributed by atoms with E-state index < -0.39 is 0 Å². The normalized spacial score (nSPS) is 14.1. The van der Waals surface area contributed by atoms with E-state index in [1.54, 1.807) is 15.9 Å². The average Bonchev–Trinajstić information content (AvgIpc) is 2.77. The van der Waals surface area contributed by atoms with Crippen molar-refractivity contribution in [2.24, 2.45) is 5.92 Å². The number of hydrogen-bond acceptors (Lipinski definition) is 4. The van der Waals surface area contributed by atoms with E-state index in [0.717, 1.165) is 10.8 Å². The average molecular weight is 412 g/mol. The van der Waals surface area contributed by atoms with Crippen molar-refractivity contribution in [2.45, 2.75) is 20.3 Å². The molecule has 1 heterocycles. The van der Waals surface area contributed by atoms with E-state index >= 15 is 0 Å². The molecule has 3 rings (SSSR count). The number of benzene rings is 2. The van der Waals surface area contributed by atoms with Crippen LogP contribution in [-0.4, -0.2) is 67.0 Å². The number of carbonyl (C=O) groups is 3. The topological polar surface area (TPSA) is 79.0 Å². The highest BCUT2D eigenvalue weighted by Crippen LogP contribution is 2.15. The van der Waals surface area contributed by atoms with E-state index in [1.165, 1.54) is 0 Å². The summed E-state index contributed by atoms with van der Waals surface area (Å²) in [5, 5.41) is 4.90. The molecule has 1 N–H and O–H groups in total. The highest BCUT2D eigenvalue weighted by atomic mass is 16.6. The van der Waals surface area contributed by atoms with Gasteiger partial charge in [-0.15, -0.1) is 0 Å². The maximum atomic E-state index is 12.4. The monoisotopic (exact) mass is 411 g/mol. The molecule has 7 heteroatoms. The number of rotatable bonds is 6. The molecule has 0 aliphatic carbocycles. The van der Waals surface area contributed by atoms with Gasteiger partial charge in [0, 0.05) is 44.7 Å². The van der Waals surface area contributed by atoms with Crippen molar-refractivity contribution >= 4 is 28.7 Å². The van der Waals surface area contributed by atoms with Crippen molar-refractivity contribution in [1.82, 2.24) is 15.1 Å². The zero-order valence-corrected chi connectivity index (χ0v) is 17.6. The fourth-order valence-electron chi connectivity index (χ4n) is 3.34. The van der Waals surface area contributed by atoms with Gasteiger partial charge in [-0.3, -0.25) is 9.59 Å². The largest absolute Gasteiger partial charge is 0.449 e. The van der Waals surface area contributed by atoms with Gasteiger partial charge in [-0.05, 0) is 28.8 Å². The molecule has 0 atom stereocenters. The Balaban J connectivity index is 1.40. The summed E-state index contributed by atoms with van der Waals surface area (Å²) in [6, 6.07) is 13.4. The molecule has 1 fully saturated rings. The zero-order chi connectivity index (χ0) is 21.5.